The summed E-state index contributed by atoms with van der Waals surface area (Å²) in [4.78, 5) is 36.2. The molecule has 37 heavy (non-hydrogen) atoms. The quantitative estimate of drug-likeness (QED) is 0.159. The van der Waals surface area contributed by atoms with E-state index in [2.05, 4.69) is 0 Å². The number of carboxylic acid groups (broad SMARTS) is 1. The van der Waals surface area contributed by atoms with Crippen LogP contribution in [0.1, 0.15) is 24.0 Å². The minimum atomic E-state index is -2.57. The van der Waals surface area contributed by atoms with Crippen LogP contribution in [0.5, 0.6) is 23.0 Å². The minimum Gasteiger partial charge on any atom is -0.547 e. The van der Waals surface area contributed by atoms with Gasteiger partial charge in [-0.3, -0.25) is 0 Å². The fourth-order valence-electron chi connectivity index (χ4n) is 3.65. The number of aromatic hydroxyl groups is 4. The number of phenolic OH excluding ortho intramolecular Hbond substituents is 4. The number of carboxylic acids is 1. The van der Waals surface area contributed by atoms with Crippen molar-refractivity contribution in [3.8, 4) is 23.0 Å². The summed E-state index contributed by atoms with van der Waals surface area (Å²) >= 11 is 0. The molecule has 2 aromatic rings. The Balaban J connectivity index is 1.75. The Labute approximate surface area is 209 Å². The molecule has 1 aliphatic carbocycles. The summed E-state index contributed by atoms with van der Waals surface area (Å²) in [5.74, 6) is -5.60. The Kier molecular flexibility index (Phi) is 8.05. The van der Waals surface area contributed by atoms with Gasteiger partial charge in [0.2, 0.25) is 0 Å². The minimum absolute atomic E-state index is 0.301. The zero-order valence-electron chi connectivity index (χ0n) is 19.1. The largest absolute Gasteiger partial charge is 0.547 e. The lowest BCUT2D eigenvalue weighted by molar-refractivity contribution is -0.331. The van der Waals surface area contributed by atoms with Crippen LogP contribution in [0, 0.1) is 0 Å². The van der Waals surface area contributed by atoms with Gasteiger partial charge in [-0.2, -0.15) is 0 Å². The average Bonchev–Trinajstić information content (AvgIpc) is 2.82. The van der Waals surface area contributed by atoms with Crippen molar-refractivity contribution in [3.05, 3.63) is 59.7 Å². The van der Waals surface area contributed by atoms with Gasteiger partial charge in [-0.25, -0.2) is 9.59 Å². The fraction of sp³-hybridized carbons (Fsp3) is 0.240. The predicted molar refractivity (Wildman–Crippen MR) is 123 cm³/mol. The monoisotopic (exact) mass is 515 g/mol. The molecule has 0 aliphatic heterocycles. The van der Waals surface area contributed by atoms with Crippen molar-refractivity contribution in [3.63, 3.8) is 0 Å². The normalized spacial score (nSPS) is 23.7. The average molecular weight is 515 g/mol. The first-order valence-electron chi connectivity index (χ1n) is 10.8. The molecule has 6 N–H and O–H groups in total. The van der Waals surface area contributed by atoms with E-state index in [0.29, 0.717) is 11.1 Å². The number of phenols is 4. The van der Waals surface area contributed by atoms with Gasteiger partial charge < -0.3 is 50.0 Å². The number of benzene rings is 2. The molecule has 12 heteroatoms. The van der Waals surface area contributed by atoms with Crippen LogP contribution >= 0.6 is 0 Å². The molecule has 12 nitrogen and oxygen atoms in total. The van der Waals surface area contributed by atoms with Crippen LogP contribution in [0.2, 0.25) is 0 Å². The highest BCUT2D eigenvalue weighted by Gasteiger charge is 2.49. The third-order valence-electron chi connectivity index (χ3n) is 5.55. The first-order chi connectivity index (χ1) is 17.4. The van der Waals surface area contributed by atoms with Crippen LogP contribution in [0.4, 0.5) is 0 Å². The maximum Gasteiger partial charge on any atom is 0.331 e. The van der Waals surface area contributed by atoms with Crippen LogP contribution in [0.3, 0.4) is 0 Å². The van der Waals surface area contributed by atoms with E-state index in [4.69, 9.17) is 9.47 Å². The van der Waals surface area contributed by atoms with Gasteiger partial charge in [0.05, 0.1) is 12.1 Å². The van der Waals surface area contributed by atoms with Crippen molar-refractivity contribution in [1.29, 1.82) is 0 Å². The smallest absolute Gasteiger partial charge is 0.331 e. The van der Waals surface area contributed by atoms with E-state index in [0.717, 1.165) is 18.2 Å². The van der Waals surface area contributed by atoms with E-state index in [1.165, 1.54) is 42.5 Å². The predicted octanol–water partition coefficient (Wildman–Crippen LogP) is -0.305. The van der Waals surface area contributed by atoms with Gasteiger partial charge >= 0.3 is 11.9 Å². The molecule has 196 valence electrons. The summed E-state index contributed by atoms with van der Waals surface area (Å²) in [5.41, 5.74) is -1.95. The highest BCUT2D eigenvalue weighted by atomic mass is 16.6. The fourth-order valence-corrected chi connectivity index (χ4v) is 3.65. The molecule has 0 bridgehead atoms. The molecule has 1 aliphatic rings. The van der Waals surface area contributed by atoms with Crippen molar-refractivity contribution in [2.75, 3.05) is 0 Å². The standard InChI is InChI=1S/C25H24O12/c26-15-5-1-13(9-17(15)28)3-7-21(31)36-20-12-25(35,24(33)34)11-19(30)23(20)37-22(32)8-4-14-2-6-16(27)18(29)10-14/h1-10,19-20,23,26-30,35H,11-12H2,(H,33,34)/p-1/b7-3+,8-4+/t19-,20-,23+,25-/m1/s1. The maximum atomic E-state index is 12.4. The molecule has 0 saturated heterocycles. The molecule has 1 saturated carbocycles. The number of rotatable bonds is 7. The number of ether oxygens (including phenoxy) is 2. The van der Waals surface area contributed by atoms with Gasteiger partial charge in [0.15, 0.2) is 29.1 Å². The molecule has 0 aromatic heterocycles. The lowest BCUT2D eigenvalue weighted by Gasteiger charge is -2.43. The van der Waals surface area contributed by atoms with E-state index in [1.54, 1.807) is 0 Å². The number of carbonyl (C=O) groups is 3. The SMILES string of the molecule is O=C(/C=C/c1ccc(O)c(O)c1)O[C@H]1[C@H](O)C[C@](O)(C(=O)[O-])C[C@H]1OC(=O)/C=C/c1ccc(O)c(O)c1. The number of hydrogen-bond acceptors (Lipinski definition) is 12. The topological polar surface area (TPSA) is 214 Å². The molecular formula is C25H23O12-. The van der Waals surface area contributed by atoms with Crippen molar-refractivity contribution in [2.45, 2.75) is 36.8 Å². The number of carbonyl (C=O) groups excluding carboxylic acids is 3. The van der Waals surface area contributed by atoms with E-state index < -0.39 is 66.2 Å². The maximum absolute atomic E-state index is 12.4. The summed E-state index contributed by atoms with van der Waals surface area (Å²) in [7, 11) is 0. The summed E-state index contributed by atoms with van der Waals surface area (Å²) in [6.45, 7) is 0. The zero-order valence-corrected chi connectivity index (χ0v) is 19.1. The van der Waals surface area contributed by atoms with Gasteiger partial charge in [0.25, 0.3) is 0 Å². The third-order valence-corrected chi connectivity index (χ3v) is 5.55. The Bertz CT molecular complexity index is 1250. The Hall–Kier alpha value is -4.55. The molecular weight excluding hydrogens is 492 g/mol. The highest BCUT2D eigenvalue weighted by Crippen LogP contribution is 2.33. The third kappa shape index (κ3) is 6.78. The first kappa shape index (κ1) is 27.0. The molecule has 3 rings (SSSR count). The summed E-state index contributed by atoms with van der Waals surface area (Å²) in [6, 6.07) is 7.46. The van der Waals surface area contributed by atoms with Gasteiger partial charge in [-0.1, -0.05) is 12.1 Å². The van der Waals surface area contributed by atoms with Crippen molar-refractivity contribution >= 4 is 30.1 Å². The van der Waals surface area contributed by atoms with E-state index in [-0.39, 0.29) is 11.5 Å². The lowest BCUT2D eigenvalue weighted by Crippen LogP contribution is -2.61. The van der Waals surface area contributed by atoms with Crippen LogP contribution in [0.15, 0.2) is 48.6 Å². The van der Waals surface area contributed by atoms with Crippen molar-refractivity contribution in [2.24, 2.45) is 0 Å². The molecule has 0 radical (unpaired) electrons. The van der Waals surface area contributed by atoms with Gasteiger partial charge in [0.1, 0.15) is 11.7 Å². The molecule has 4 atom stereocenters. The first-order valence-corrected chi connectivity index (χ1v) is 10.8. The lowest BCUT2D eigenvalue weighted by atomic mass is 9.79. The number of hydrogen-bond donors (Lipinski definition) is 6. The second-order valence-corrected chi connectivity index (χ2v) is 8.33. The van der Waals surface area contributed by atoms with Crippen molar-refractivity contribution in [1.82, 2.24) is 0 Å². The van der Waals surface area contributed by atoms with Gasteiger partial charge in [-0.15, -0.1) is 0 Å². The molecule has 0 heterocycles. The Morgan fingerprint density at radius 2 is 1.30 bits per heavy atom. The Morgan fingerprint density at radius 1 is 0.811 bits per heavy atom. The van der Waals surface area contributed by atoms with Crippen LogP contribution < -0.4 is 5.11 Å². The summed E-state index contributed by atoms with van der Waals surface area (Å²) < 4.78 is 10.4. The van der Waals surface area contributed by atoms with Crippen LogP contribution in [-0.4, -0.2) is 72.5 Å². The van der Waals surface area contributed by atoms with Gasteiger partial charge in [-0.05, 0) is 47.5 Å². The molecule has 1 fully saturated rings. The second kappa shape index (κ2) is 11.0. The van der Waals surface area contributed by atoms with Crippen LogP contribution in [0.25, 0.3) is 12.2 Å². The van der Waals surface area contributed by atoms with Gasteiger partial charge in [0, 0.05) is 25.0 Å². The van der Waals surface area contributed by atoms with E-state index in [1.807, 2.05) is 0 Å². The Morgan fingerprint density at radius 3 is 1.76 bits per heavy atom. The van der Waals surface area contributed by atoms with E-state index >= 15 is 0 Å². The summed E-state index contributed by atoms with van der Waals surface area (Å²) in [6.07, 6.45) is -2.14. The molecule has 2 aromatic carbocycles. The van der Waals surface area contributed by atoms with E-state index in [9.17, 15) is 50.1 Å². The van der Waals surface area contributed by atoms with Crippen LogP contribution in [-0.2, 0) is 23.9 Å². The zero-order chi connectivity index (χ0) is 27.3. The van der Waals surface area contributed by atoms with Crippen molar-refractivity contribution < 1.29 is 59.6 Å². The molecule has 0 unspecified atom stereocenters. The number of esters is 2. The number of aliphatic hydroxyl groups is 2. The molecule has 0 spiro atoms. The highest BCUT2D eigenvalue weighted by molar-refractivity contribution is 5.88. The number of aliphatic carboxylic acids is 1. The molecule has 0 amide bonds. The summed E-state index contributed by atoms with van der Waals surface area (Å²) in [5, 5.41) is 70.0. The second-order valence-electron chi connectivity index (χ2n) is 8.33. The number of aliphatic hydroxyl groups excluding tert-OH is 1.